The molecular weight excluding hydrogens is 320 g/mol. The molecule has 3 rings (SSSR count). The Hall–Kier alpha value is -1.91. The number of aromatic amines is 1. The summed E-state index contributed by atoms with van der Waals surface area (Å²) in [7, 11) is 3.17. The number of benzene rings is 1. The maximum atomic E-state index is 11.7. The molecule has 114 valence electrons. The van der Waals surface area contributed by atoms with Crippen LogP contribution in [0, 0.1) is 17.2 Å². The molecule has 1 aliphatic rings. The molecule has 0 bridgehead atoms. The highest BCUT2D eigenvalue weighted by Crippen LogP contribution is 2.46. The summed E-state index contributed by atoms with van der Waals surface area (Å²) in [5.74, 6) is 1.63. The number of nitriles is 1. The quantitative estimate of drug-likeness (QED) is 0.934. The summed E-state index contributed by atoms with van der Waals surface area (Å²) < 4.78 is 10.6. The van der Waals surface area contributed by atoms with Crippen LogP contribution in [0.25, 0.3) is 0 Å². The molecule has 5 nitrogen and oxygen atoms in total. The number of thiazole rings is 1. The fourth-order valence-electron chi connectivity index (χ4n) is 2.63. The lowest BCUT2D eigenvalue weighted by Gasteiger charge is -2.26. The van der Waals surface area contributed by atoms with Crippen molar-refractivity contribution in [2.24, 2.45) is 5.92 Å². The summed E-state index contributed by atoms with van der Waals surface area (Å²) in [6, 6.07) is 8.02. The molecule has 2 atom stereocenters. The van der Waals surface area contributed by atoms with Crippen molar-refractivity contribution in [3.05, 3.63) is 38.3 Å². The highest BCUT2D eigenvalue weighted by molar-refractivity contribution is 7.99. The van der Waals surface area contributed by atoms with Gasteiger partial charge in [-0.3, -0.25) is 4.79 Å². The van der Waals surface area contributed by atoms with Gasteiger partial charge in [-0.1, -0.05) is 17.4 Å². The first-order valence-corrected chi connectivity index (χ1v) is 8.45. The average Bonchev–Trinajstić information content (AvgIpc) is 2.93. The summed E-state index contributed by atoms with van der Waals surface area (Å²) in [6.07, 6.45) is 0. The molecule has 0 unspecified atom stereocenters. The number of nitrogens with one attached hydrogen (secondary N) is 1. The Morgan fingerprint density at radius 2 is 2.09 bits per heavy atom. The van der Waals surface area contributed by atoms with Crippen molar-refractivity contribution in [1.82, 2.24) is 4.98 Å². The van der Waals surface area contributed by atoms with Crippen LogP contribution in [0.5, 0.6) is 11.5 Å². The molecule has 0 saturated carbocycles. The van der Waals surface area contributed by atoms with E-state index in [1.807, 2.05) is 18.2 Å². The molecular formula is C15H14N2O3S2. The maximum Gasteiger partial charge on any atom is 0.305 e. The van der Waals surface area contributed by atoms with Gasteiger partial charge in [-0.15, -0.1) is 11.8 Å². The average molecular weight is 334 g/mol. The van der Waals surface area contributed by atoms with Gasteiger partial charge in [0.15, 0.2) is 11.5 Å². The topological polar surface area (TPSA) is 75.1 Å². The van der Waals surface area contributed by atoms with Crippen molar-refractivity contribution in [3.8, 4) is 17.6 Å². The van der Waals surface area contributed by atoms with E-state index >= 15 is 0 Å². The molecule has 1 aromatic heterocycles. The monoisotopic (exact) mass is 334 g/mol. The standard InChI is InChI=1S/C15H14N2O3S2/c1-19-10-4-3-8(5-11(10)20-2)12-9(6-16)7-21-14-13(12)22-15(18)17-14/h3-5,9,12H,7H2,1-2H3,(H,17,18)/t9-,12-/m1/s1. The number of methoxy groups -OCH3 is 2. The number of aromatic nitrogens is 1. The molecule has 1 aliphatic heterocycles. The molecule has 0 amide bonds. The second-order valence-corrected chi connectivity index (χ2v) is 6.89. The van der Waals surface area contributed by atoms with Gasteiger partial charge in [-0.05, 0) is 17.7 Å². The predicted octanol–water partition coefficient (Wildman–Crippen LogP) is 2.83. The third-order valence-corrected chi connectivity index (χ3v) is 5.90. The van der Waals surface area contributed by atoms with Crippen LogP contribution in [0.15, 0.2) is 28.0 Å². The third kappa shape index (κ3) is 2.49. The van der Waals surface area contributed by atoms with Crippen LogP contribution in [0.4, 0.5) is 0 Å². The van der Waals surface area contributed by atoms with E-state index in [0.717, 1.165) is 15.5 Å². The number of fused-ring (bicyclic) bond motifs is 1. The van der Waals surface area contributed by atoms with Gasteiger partial charge in [-0.25, -0.2) is 0 Å². The molecule has 2 aromatic rings. The Morgan fingerprint density at radius 1 is 1.32 bits per heavy atom. The van der Waals surface area contributed by atoms with E-state index < -0.39 is 0 Å². The first kappa shape index (κ1) is 15.0. The Balaban J connectivity index is 2.12. The van der Waals surface area contributed by atoms with Crippen LogP contribution < -0.4 is 14.3 Å². The Morgan fingerprint density at radius 3 is 2.77 bits per heavy atom. The van der Waals surface area contributed by atoms with Crippen molar-refractivity contribution >= 4 is 23.1 Å². The van der Waals surface area contributed by atoms with E-state index in [0.29, 0.717) is 17.3 Å². The maximum absolute atomic E-state index is 11.7. The van der Waals surface area contributed by atoms with Gasteiger partial charge in [0, 0.05) is 16.5 Å². The number of hydrogen-bond donors (Lipinski definition) is 1. The molecule has 2 heterocycles. The van der Waals surface area contributed by atoms with Gasteiger partial charge in [0.05, 0.1) is 31.2 Å². The minimum absolute atomic E-state index is 0.0819. The first-order valence-electron chi connectivity index (χ1n) is 6.65. The molecule has 7 heteroatoms. The highest BCUT2D eigenvalue weighted by atomic mass is 32.2. The second-order valence-electron chi connectivity index (χ2n) is 4.85. The fraction of sp³-hybridized carbons (Fsp3) is 0.333. The minimum atomic E-state index is -0.179. The van der Waals surface area contributed by atoms with Crippen LogP contribution in [0.3, 0.4) is 0 Å². The number of nitrogens with zero attached hydrogens (tertiary/aromatic N) is 1. The third-order valence-electron chi connectivity index (χ3n) is 3.67. The van der Waals surface area contributed by atoms with Gasteiger partial charge in [-0.2, -0.15) is 5.26 Å². The number of H-pyrrole nitrogens is 1. The predicted molar refractivity (Wildman–Crippen MR) is 86.2 cm³/mol. The highest BCUT2D eigenvalue weighted by Gasteiger charge is 2.34. The Kier molecular flexibility index (Phi) is 4.14. The van der Waals surface area contributed by atoms with E-state index in [1.165, 1.54) is 23.1 Å². The zero-order chi connectivity index (χ0) is 15.7. The number of ether oxygens (including phenoxy) is 2. The van der Waals surface area contributed by atoms with Crippen LogP contribution in [-0.2, 0) is 0 Å². The molecule has 0 saturated heterocycles. The van der Waals surface area contributed by atoms with Crippen LogP contribution >= 0.6 is 23.1 Å². The zero-order valence-corrected chi connectivity index (χ0v) is 13.7. The molecule has 0 spiro atoms. The SMILES string of the molecule is COc1ccc([C@H]2c3sc(=O)[nH]c3SC[C@H]2C#N)cc1OC. The largest absolute Gasteiger partial charge is 0.493 e. The van der Waals surface area contributed by atoms with Crippen molar-refractivity contribution in [2.75, 3.05) is 20.0 Å². The van der Waals surface area contributed by atoms with Gasteiger partial charge in [0.25, 0.3) is 0 Å². The van der Waals surface area contributed by atoms with Crippen LogP contribution in [0.1, 0.15) is 16.4 Å². The van der Waals surface area contributed by atoms with Gasteiger partial charge in [0.1, 0.15) is 0 Å². The van der Waals surface area contributed by atoms with Gasteiger partial charge in [0.2, 0.25) is 0 Å². The fourth-order valence-corrected chi connectivity index (χ4v) is 4.97. The lowest BCUT2D eigenvalue weighted by atomic mass is 9.86. The molecule has 0 radical (unpaired) electrons. The van der Waals surface area contributed by atoms with Crippen LogP contribution in [0.2, 0.25) is 0 Å². The minimum Gasteiger partial charge on any atom is -0.493 e. The Labute approximate surface area is 135 Å². The first-order chi connectivity index (χ1) is 10.7. The van der Waals surface area contributed by atoms with Crippen molar-refractivity contribution < 1.29 is 9.47 Å². The summed E-state index contributed by atoms with van der Waals surface area (Å²) in [5.41, 5.74) is 0.959. The van der Waals surface area contributed by atoms with Crippen molar-refractivity contribution in [3.63, 3.8) is 0 Å². The van der Waals surface area contributed by atoms with E-state index in [1.54, 1.807) is 14.2 Å². The number of thioether (sulfide) groups is 1. The van der Waals surface area contributed by atoms with Gasteiger partial charge < -0.3 is 14.5 Å². The summed E-state index contributed by atoms with van der Waals surface area (Å²) in [5, 5.41) is 10.4. The van der Waals surface area contributed by atoms with E-state index in [-0.39, 0.29) is 16.7 Å². The molecule has 1 N–H and O–H groups in total. The number of rotatable bonds is 3. The summed E-state index contributed by atoms with van der Waals surface area (Å²) in [6.45, 7) is 0. The van der Waals surface area contributed by atoms with Crippen LogP contribution in [-0.4, -0.2) is 25.0 Å². The molecule has 22 heavy (non-hydrogen) atoms. The van der Waals surface area contributed by atoms with Crippen molar-refractivity contribution in [2.45, 2.75) is 10.9 Å². The van der Waals surface area contributed by atoms with E-state index in [2.05, 4.69) is 11.1 Å². The molecule has 1 aromatic carbocycles. The lowest BCUT2D eigenvalue weighted by molar-refractivity contribution is 0.354. The molecule has 0 fully saturated rings. The van der Waals surface area contributed by atoms with E-state index in [9.17, 15) is 10.1 Å². The lowest BCUT2D eigenvalue weighted by Crippen LogP contribution is -2.19. The normalized spacial score (nSPS) is 20.0. The van der Waals surface area contributed by atoms with Crippen molar-refractivity contribution in [1.29, 1.82) is 5.26 Å². The van der Waals surface area contributed by atoms with E-state index in [4.69, 9.17) is 9.47 Å². The number of hydrogen-bond acceptors (Lipinski definition) is 6. The Bertz CT molecular complexity index is 791. The van der Waals surface area contributed by atoms with Gasteiger partial charge >= 0.3 is 4.87 Å². The summed E-state index contributed by atoms with van der Waals surface area (Å²) in [4.78, 5) is 15.4. The smallest absolute Gasteiger partial charge is 0.305 e. The summed E-state index contributed by atoms with van der Waals surface area (Å²) >= 11 is 2.72. The zero-order valence-electron chi connectivity index (χ0n) is 12.1. The molecule has 0 aliphatic carbocycles. The second kappa shape index (κ2) is 6.07.